The van der Waals surface area contributed by atoms with Gasteiger partial charge < -0.3 is 87.5 Å². The van der Waals surface area contributed by atoms with Crippen LogP contribution in [0.4, 0.5) is 9.59 Å². The van der Waals surface area contributed by atoms with E-state index in [1.165, 1.54) is 14.7 Å². The van der Waals surface area contributed by atoms with Crippen molar-refractivity contribution in [1.29, 1.82) is 0 Å². The predicted molar refractivity (Wildman–Crippen MR) is 520 cm³/mol. The second-order valence-corrected chi connectivity index (χ2v) is 36.9. The molecule has 0 saturated carbocycles. The average Bonchev–Trinajstić information content (AvgIpc) is 1.56. The number of nitrogens with one attached hydrogen (secondary N) is 4. The second-order valence-electron chi connectivity index (χ2n) is 35.6. The molecule has 29 heteroatoms. The highest BCUT2D eigenvalue weighted by Crippen LogP contribution is 2.53. The van der Waals surface area contributed by atoms with Crippen LogP contribution in [0.5, 0.6) is 0 Å². The van der Waals surface area contributed by atoms with Crippen molar-refractivity contribution in [2.24, 2.45) is 11.5 Å². The molecule has 0 radical (unpaired) electrons. The maximum atomic E-state index is 14.1. The lowest BCUT2D eigenvalue weighted by Gasteiger charge is -2.33. The number of carboxylic acid groups (broad SMARTS) is 2. The van der Waals surface area contributed by atoms with Gasteiger partial charge in [-0.05, 0) is 194 Å². The number of aliphatic hydroxyl groups is 4. The molecule has 18 rings (SSSR count). The number of likely N-dealkylation sites (tertiary alicyclic amines) is 3. The number of carbonyl (C=O) groups excluding carboxylic acids is 7. The summed E-state index contributed by atoms with van der Waals surface area (Å²) < 4.78 is 10.5. The molecule has 3 heterocycles. The molecular formula is C107H112Cl3N9O17. The number of carboxylic acids is 2. The maximum Gasteiger partial charge on any atom is 0.407 e. The van der Waals surface area contributed by atoms with Crippen LogP contribution in [0.1, 0.15) is 172 Å². The van der Waals surface area contributed by atoms with E-state index in [0.29, 0.717) is 137 Å². The van der Waals surface area contributed by atoms with Gasteiger partial charge in [0.1, 0.15) is 29.3 Å². The van der Waals surface area contributed by atoms with E-state index >= 15 is 0 Å². The predicted octanol–water partition coefficient (Wildman–Crippen LogP) is 16.0. The quantitative estimate of drug-likeness (QED) is 0.0403. The maximum absolute atomic E-state index is 14.1. The number of aliphatic carboxylic acids is 2. The van der Waals surface area contributed by atoms with Crippen molar-refractivity contribution in [3.63, 3.8) is 0 Å². The summed E-state index contributed by atoms with van der Waals surface area (Å²) in [4.78, 5) is 119. The number of rotatable bonds is 17. The Morgan fingerprint density at radius 3 is 0.846 bits per heavy atom. The molecule has 7 amide bonds. The zero-order valence-corrected chi connectivity index (χ0v) is 79.1. The number of ether oxygens (including phenoxy) is 2. The number of nitrogens with two attached hydrogens (primary N) is 2. The molecule has 0 bridgehead atoms. The van der Waals surface area contributed by atoms with Crippen LogP contribution in [0.15, 0.2) is 249 Å². The van der Waals surface area contributed by atoms with Gasteiger partial charge >= 0.3 is 24.1 Å². The minimum absolute atomic E-state index is 0.152. The van der Waals surface area contributed by atoms with Crippen molar-refractivity contribution in [2.75, 3.05) is 19.6 Å². The third-order valence-corrected chi connectivity index (χ3v) is 25.6. The van der Waals surface area contributed by atoms with Crippen LogP contribution in [-0.4, -0.2) is 148 Å². The summed E-state index contributed by atoms with van der Waals surface area (Å²) in [5.41, 5.74) is 18.6. The van der Waals surface area contributed by atoms with Gasteiger partial charge in [-0.1, -0.05) is 261 Å². The summed E-state index contributed by atoms with van der Waals surface area (Å²) in [5, 5.41) is 77.5. The fourth-order valence-corrected chi connectivity index (χ4v) is 19.2. The highest BCUT2D eigenvalue weighted by Gasteiger charge is 2.56. The van der Waals surface area contributed by atoms with Crippen LogP contribution in [0.25, 0.3) is 44.5 Å². The molecule has 11 aromatic carbocycles. The molecule has 136 heavy (non-hydrogen) atoms. The van der Waals surface area contributed by atoms with E-state index in [-0.39, 0.29) is 31.4 Å². The molecule has 26 nitrogen and oxygen atoms in total. The van der Waals surface area contributed by atoms with Gasteiger partial charge in [0, 0.05) is 118 Å². The van der Waals surface area contributed by atoms with Gasteiger partial charge in [-0.3, -0.25) is 24.0 Å². The van der Waals surface area contributed by atoms with Crippen LogP contribution >= 0.6 is 34.8 Å². The average molecular weight is 1900 g/mol. The van der Waals surface area contributed by atoms with E-state index in [4.69, 9.17) is 55.7 Å². The van der Waals surface area contributed by atoms with E-state index in [9.17, 15) is 73.8 Å². The van der Waals surface area contributed by atoms with E-state index in [1.54, 1.807) is 148 Å². The standard InChI is InChI=1S/C32H34ClN3O5.C27H26ClN3O3.C19H17NO4.C14H10O3.C13H19ClN2O2.C2H6/c1-31(2,3)41-30(39)35-18-20-14-15-22(33)17-21(20)19-34-28(37)27-13-8-16-36(27)29(38)32(40)25-11-6-4-9-23(25)24-10-5-7-12-26(24)32;28-19-12-11-17(15-29)18(14-19)16-30-25(32)24-10-5-13-31(24)26(33)27(34)22-8-3-1-6-20(22)21-7-2-4-9-23(21)27;21-17(22)16-10-5-11-20(16)18(23)19(24)14-8-3-1-6-12(14)13-7-2-4-9-15(13)19;15-13(16)14(17)11-7-3-1-5-9(11)10-6-2-4-8-12(10)14;1-13(2,3)18-12(17)16-8-9-4-5-11(14)6-10(9)7-15;1-2/h4-7,9-12,14-15,17,27,40H,8,13,16,18-19H2,1-3H3,(H,34,37)(H,35,39);1-4,6-9,11-12,14,24,34H,5,10,13,15-16,29H2,(H,30,32);1-4,6-9,16,24H,5,10-11H2,(H,21,22);1-8,17H,(H,15,16);4-6H,7-8,15H2,1-3H3,(H,16,17);1-2H3/t27-;24-;16-;;;/m000.../s1. The zero-order valence-electron chi connectivity index (χ0n) is 76.8. The number of carbonyl (C=O) groups is 9. The first kappa shape index (κ1) is 100. The van der Waals surface area contributed by atoms with Crippen molar-refractivity contribution in [3.05, 3.63) is 342 Å². The number of amides is 7. The number of benzene rings is 11. The molecule has 0 spiro atoms. The highest BCUT2D eigenvalue weighted by molar-refractivity contribution is 6.31. The molecule has 3 fully saturated rings. The van der Waals surface area contributed by atoms with Crippen molar-refractivity contribution in [2.45, 2.75) is 185 Å². The highest BCUT2D eigenvalue weighted by atomic mass is 35.5. The van der Waals surface area contributed by atoms with Crippen molar-refractivity contribution < 1.29 is 83.3 Å². The lowest BCUT2D eigenvalue weighted by atomic mass is 9.89. The van der Waals surface area contributed by atoms with Gasteiger partial charge in [0.25, 0.3) is 17.7 Å². The summed E-state index contributed by atoms with van der Waals surface area (Å²) in [6.07, 6.45) is 2.41. The molecule has 0 unspecified atom stereocenters. The molecule has 4 aliphatic carbocycles. The smallest absolute Gasteiger partial charge is 0.407 e. The Morgan fingerprint density at radius 1 is 0.338 bits per heavy atom. The molecule has 14 N–H and O–H groups in total. The first-order valence-electron chi connectivity index (χ1n) is 45.2. The first-order valence-corrected chi connectivity index (χ1v) is 46.4. The van der Waals surface area contributed by atoms with Gasteiger partial charge in [0.15, 0.2) is 16.8 Å². The summed E-state index contributed by atoms with van der Waals surface area (Å²) in [7, 11) is 0. The van der Waals surface area contributed by atoms with Gasteiger partial charge in [0.05, 0.1) is 0 Å². The van der Waals surface area contributed by atoms with Crippen molar-refractivity contribution in [3.8, 4) is 44.5 Å². The molecule has 7 aliphatic rings. The second kappa shape index (κ2) is 42.4. The van der Waals surface area contributed by atoms with Gasteiger partial charge in [0.2, 0.25) is 17.4 Å². The van der Waals surface area contributed by atoms with Crippen LogP contribution in [0, 0.1) is 0 Å². The largest absolute Gasteiger partial charge is 0.480 e. The van der Waals surface area contributed by atoms with Crippen molar-refractivity contribution >= 4 is 88.5 Å². The van der Waals surface area contributed by atoms with E-state index < -0.39 is 93.6 Å². The summed E-state index contributed by atoms with van der Waals surface area (Å²) in [6, 6.07) is 71.9. The van der Waals surface area contributed by atoms with Gasteiger partial charge in [-0.25, -0.2) is 19.2 Å². The Hall–Kier alpha value is -13.1. The van der Waals surface area contributed by atoms with Crippen LogP contribution < -0.4 is 32.7 Å². The summed E-state index contributed by atoms with van der Waals surface area (Å²) in [6.45, 7) is 17.6. The fourth-order valence-electron chi connectivity index (χ4n) is 18.6. The third kappa shape index (κ3) is 20.7. The number of hydrogen-bond acceptors (Lipinski definition) is 17. The molecular weight excluding hydrogens is 1790 g/mol. The minimum atomic E-state index is -1.92. The lowest BCUT2D eigenvalue weighted by molar-refractivity contribution is -0.156. The third-order valence-electron chi connectivity index (χ3n) is 24.9. The number of halogens is 3. The SMILES string of the molecule is CC.CC(C)(C)OC(=O)NCc1ccc(Cl)cc1CN.CC(C)(C)OC(=O)NCc1ccc(Cl)cc1CNC(=O)[C@@H]1CCCN1C(=O)C1(O)c2ccccc2-c2ccccc21.NCc1ccc(Cl)cc1CNC(=O)[C@@H]1CCCN1C(=O)C1(O)c2ccccc2-c2ccccc21.O=C(O)C1(O)c2ccccc2-c2ccccc21.O=C(O)[C@@H]1CCCN1C(=O)C1(O)c2ccccc2-c2ccccc21. The Balaban J connectivity index is 0.000000149. The lowest BCUT2D eigenvalue weighted by Crippen LogP contribution is -2.52. The number of nitrogens with zero attached hydrogens (tertiary/aromatic N) is 3. The molecule has 3 aliphatic heterocycles. The number of hydrogen-bond donors (Lipinski definition) is 12. The van der Waals surface area contributed by atoms with Gasteiger partial charge in [-0.15, -0.1) is 0 Å². The first-order chi connectivity index (χ1) is 64.9. The number of fused-ring (bicyclic) bond motifs is 12. The van der Waals surface area contributed by atoms with Crippen LogP contribution in [0.2, 0.25) is 15.1 Å². The van der Waals surface area contributed by atoms with Crippen LogP contribution in [-0.2, 0) is 105 Å². The fraction of sp³-hybridized carbons (Fsp3) is 0.299. The Labute approximate surface area is 804 Å². The number of alkyl carbamates (subject to hydrolysis) is 2. The molecule has 3 saturated heterocycles. The minimum Gasteiger partial charge on any atom is -0.480 e. The summed E-state index contributed by atoms with van der Waals surface area (Å²) in [5.74, 6) is -4.35. The molecule has 0 aromatic heterocycles. The summed E-state index contributed by atoms with van der Waals surface area (Å²) >= 11 is 18.2. The topological polar surface area (TPSA) is 403 Å². The molecule has 11 aromatic rings. The van der Waals surface area contributed by atoms with Gasteiger partial charge in [-0.2, -0.15) is 0 Å². The molecule has 3 atom stereocenters. The van der Waals surface area contributed by atoms with Crippen molar-refractivity contribution in [1.82, 2.24) is 36.0 Å². The van der Waals surface area contributed by atoms with E-state index in [2.05, 4.69) is 21.3 Å². The normalized spacial score (nSPS) is 16.6. The Bertz CT molecular complexity index is 6170. The van der Waals surface area contributed by atoms with E-state index in [1.807, 2.05) is 156 Å². The monoisotopic (exact) mass is 1900 g/mol. The van der Waals surface area contributed by atoms with Crippen LogP contribution in [0.3, 0.4) is 0 Å². The molecule has 708 valence electrons. The van der Waals surface area contributed by atoms with E-state index in [0.717, 1.165) is 77.9 Å². The Kier molecular flexibility index (Phi) is 31.3. The zero-order chi connectivity index (χ0) is 97.9. The Morgan fingerprint density at radius 2 is 0.574 bits per heavy atom.